The number of ether oxygens (including phenoxy) is 1. The van der Waals surface area contributed by atoms with Crippen molar-refractivity contribution in [3.8, 4) is 0 Å². The van der Waals surface area contributed by atoms with Crippen molar-refractivity contribution in [1.29, 1.82) is 0 Å². The van der Waals surface area contributed by atoms with Gasteiger partial charge in [-0.2, -0.15) is 0 Å². The molecule has 6 nitrogen and oxygen atoms in total. The molecule has 1 aliphatic rings. The van der Waals surface area contributed by atoms with Gasteiger partial charge in [-0.05, 0) is 36.8 Å². The molecule has 29 heavy (non-hydrogen) atoms. The number of rotatable bonds is 10. The van der Waals surface area contributed by atoms with Crippen molar-refractivity contribution in [1.82, 2.24) is 4.90 Å². The van der Waals surface area contributed by atoms with E-state index in [9.17, 15) is 9.18 Å². The van der Waals surface area contributed by atoms with Gasteiger partial charge in [-0.1, -0.05) is 12.1 Å². The second-order valence-electron chi connectivity index (χ2n) is 7.64. The van der Waals surface area contributed by atoms with Crippen LogP contribution in [0, 0.1) is 12.7 Å². The summed E-state index contributed by atoms with van der Waals surface area (Å²) in [6.07, 6.45) is 1.08. The highest BCUT2D eigenvalue weighted by Gasteiger charge is 2.18. The fourth-order valence-corrected chi connectivity index (χ4v) is 3.56. The molecule has 158 valence electrons. The van der Waals surface area contributed by atoms with Crippen LogP contribution in [-0.2, 0) is 22.6 Å². The highest BCUT2D eigenvalue weighted by Crippen LogP contribution is 2.13. The van der Waals surface area contributed by atoms with Crippen molar-refractivity contribution < 1.29 is 28.6 Å². The van der Waals surface area contributed by atoms with Gasteiger partial charge in [0.15, 0.2) is 6.54 Å². The Morgan fingerprint density at radius 2 is 1.90 bits per heavy atom. The van der Waals surface area contributed by atoms with E-state index in [0.717, 1.165) is 62.9 Å². The van der Waals surface area contributed by atoms with Crippen LogP contribution in [0.5, 0.6) is 0 Å². The molecule has 1 amide bonds. The van der Waals surface area contributed by atoms with E-state index in [2.05, 4.69) is 5.32 Å². The number of nitrogens with two attached hydrogens (primary N) is 1. The van der Waals surface area contributed by atoms with E-state index in [4.69, 9.17) is 9.15 Å². The Hall–Kier alpha value is -2.22. The summed E-state index contributed by atoms with van der Waals surface area (Å²) in [5.41, 5.74) is 0.902. The fourth-order valence-electron chi connectivity index (χ4n) is 3.56. The van der Waals surface area contributed by atoms with Crippen LogP contribution in [-0.4, -0.2) is 56.7 Å². The Morgan fingerprint density at radius 1 is 1.14 bits per heavy atom. The predicted molar refractivity (Wildman–Crippen MR) is 107 cm³/mol. The first kappa shape index (κ1) is 21.5. The first-order valence-electron chi connectivity index (χ1n) is 10.4. The molecule has 2 heterocycles. The number of morpholine rings is 1. The lowest BCUT2D eigenvalue weighted by molar-refractivity contribution is -0.909. The number of furan rings is 1. The molecule has 1 aromatic heterocycles. The van der Waals surface area contributed by atoms with Gasteiger partial charge in [0, 0.05) is 13.0 Å². The molecule has 0 aliphatic carbocycles. The van der Waals surface area contributed by atoms with Gasteiger partial charge in [0.25, 0.3) is 5.91 Å². The number of amides is 1. The maximum absolute atomic E-state index is 13.2. The number of benzene rings is 1. The number of hydrogen-bond acceptors (Lipinski definition) is 3. The summed E-state index contributed by atoms with van der Waals surface area (Å²) in [4.78, 5) is 16.2. The second-order valence-corrected chi connectivity index (χ2v) is 7.64. The average molecular weight is 406 g/mol. The van der Waals surface area contributed by atoms with E-state index in [1.165, 1.54) is 12.1 Å². The van der Waals surface area contributed by atoms with Gasteiger partial charge in [-0.15, -0.1) is 0 Å². The molecule has 3 rings (SSSR count). The van der Waals surface area contributed by atoms with E-state index in [-0.39, 0.29) is 11.7 Å². The van der Waals surface area contributed by atoms with Crippen molar-refractivity contribution in [2.24, 2.45) is 0 Å². The number of aryl methyl sites for hydroxylation is 1. The first-order valence-corrected chi connectivity index (χ1v) is 10.4. The lowest BCUT2D eigenvalue weighted by Crippen LogP contribution is -3.14. The molecule has 0 unspecified atom stereocenters. The summed E-state index contributed by atoms with van der Waals surface area (Å²) in [5, 5.41) is 2.08. The van der Waals surface area contributed by atoms with E-state index in [1.54, 1.807) is 21.9 Å². The minimum atomic E-state index is -0.274. The largest absolute Gasteiger partial charge is 0.464 e. The second kappa shape index (κ2) is 11.1. The Morgan fingerprint density at radius 3 is 2.59 bits per heavy atom. The Balaban J connectivity index is 1.48. The van der Waals surface area contributed by atoms with Crippen molar-refractivity contribution in [2.45, 2.75) is 26.4 Å². The van der Waals surface area contributed by atoms with Crippen LogP contribution < -0.4 is 10.2 Å². The van der Waals surface area contributed by atoms with E-state index >= 15 is 0 Å². The third-order valence-electron chi connectivity index (χ3n) is 5.24. The standard InChI is InChI=1S/C22H30FN3O3/c1-18-3-8-21(29-18)17-26(16-19-4-6-20(23)7-5-19)22(27)15-24-9-2-10-25-11-13-28-14-12-25/h3-8,24H,2,9-17H2,1H3/p+2. The third kappa shape index (κ3) is 7.27. The number of quaternary nitrogens is 2. The van der Waals surface area contributed by atoms with E-state index < -0.39 is 0 Å². The Labute approximate surface area is 171 Å². The maximum atomic E-state index is 13.2. The number of hydrogen-bond donors (Lipinski definition) is 2. The lowest BCUT2D eigenvalue weighted by atomic mass is 10.2. The van der Waals surface area contributed by atoms with Crippen LogP contribution in [0.3, 0.4) is 0 Å². The summed E-state index contributed by atoms with van der Waals surface area (Å²) >= 11 is 0. The molecule has 1 aromatic carbocycles. The summed E-state index contributed by atoms with van der Waals surface area (Å²) in [7, 11) is 0. The summed E-state index contributed by atoms with van der Waals surface area (Å²) in [6.45, 7) is 9.04. The van der Waals surface area contributed by atoms with Crippen LogP contribution in [0.25, 0.3) is 0 Å². The maximum Gasteiger partial charge on any atom is 0.278 e. The molecule has 0 radical (unpaired) electrons. The molecule has 3 N–H and O–H groups in total. The number of nitrogens with zero attached hydrogens (tertiary/aromatic N) is 1. The van der Waals surface area contributed by atoms with Crippen molar-refractivity contribution >= 4 is 5.91 Å². The molecule has 0 atom stereocenters. The zero-order valence-corrected chi connectivity index (χ0v) is 17.2. The third-order valence-corrected chi connectivity index (χ3v) is 5.24. The monoisotopic (exact) mass is 405 g/mol. The number of halogens is 1. The van der Waals surface area contributed by atoms with Crippen molar-refractivity contribution in [3.63, 3.8) is 0 Å². The molecule has 7 heteroatoms. The lowest BCUT2D eigenvalue weighted by Gasteiger charge is -2.23. The van der Waals surface area contributed by atoms with E-state index in [0.29, 0.717) is 19.6 Å². The minimum Gasteiger partial charge on any atom is -0.464 e. The van der Waals surface area contributed by atoms with Crippen LogP contribution in [0.2, 0.25) is 0 Å². The minimum absolute atomic E-state index is 0.0575. The molecular formula is C22H32FN3O3+2. The molecule has 1 saturated heterocycles. The first-order chi connectivity index (χ1) is 14.1. The zero-order valence-electron chi connectivity index (χ0n) is 17.2. The summed E-state index contributed by atoms with van der Waals surface area (Å²) in [6, 6.07) is 10.1. The molecule has 0 saturated carbocycles. The number of nitrogens with one attached hydrogen (secondary N) is 1. The van der Waals surface area contributed by atoms with Gasteiger partial charge < -0.3 is 24.3 Å². The van der Waals surface area contributed by atoms with Gasteiger partial charge in [0.05, 0.1) is 32.8 Å². The highest BCUT2D eigenvalue weighted by atomic mass is 19.1. The SMILES string of the molecule is Cc1ccc(CN(Cc2ccc(F)cc2)C(=O)C[NH2+]CCC[NH+]2CCOCC2)o1. The van der Waals surface area contributed by atoms with Crippen molar-refractivity contribution in [3.05, 3.63) is 59.3 Å². The van der Waals surface area contributed by atoms with Gasteiger partial charge in [-0.3, -0.25) is 4.79 Å². The van der Waals surface area contributed by atoms with Crippen LogP contribution in [0.4, 0.5) is 4.39 Å². The highest BCUT2D eigenvalue weighted by molar-refractivity contribution is 5.76. The molecule has 1 aliphatic heterocycles. The molecular weight excluding hydrogens is 373 g/mol. The molecule has 0 bridgehead atoms. The van der Waals surface area contributed by atoms with Crippen LogP contribution >= 0.6 is 0 Å². The number of carbonyl (C=O) groups is 1. The average Bonchev–Trinajstić information content (AvgIpc) is 3.14. The van der Waals surface area contributed by atoms with E-state index in [1.807, 2.05) is 19.1 Å². The van der Waals surface area contributed by atoms with Crippen LogP contribution in [0.1, 0.15) is 23.5 Å². The Kier molecular flexibility index (Phi) is 8.22. The fraction of sp³-hybridized carbons (Fsp3) is 0.500. The quantitative estimate of drug-likeness (QED) is 0.552. The van der Waals surface area contributed by atoms with Gasteiger partial charge >= 0.3 is 0 Å². The molecule has 2 aromatic rings. The smallest absolute Gasteiger partial charge is 0.278 e. The van der Waals surface area contributed by atoms with Gasteiger partial charge in [0.2, 0.25) is 0 Å². The molecule has 1 fully saturated rings. The predicted octanol–water partition coefficient (Wildman–Crippen LogP) is 0.125. The summed E-state index contributed by atoms with van der Waals surface area (Å²) < 4.78 is 24.2. The topological polar surface area (TPSA) is 63.7 Å². The van der Waals surface area contributed by atoms with Gasteiger partial charge in [-0.25, -0.2) is 4.39 Å². The van der Waals surface area contributed by atoms with Crippen molar-refractivity contribution in [2.75, 3.05) is 45.9 Å². The van der Waals surface area contributed by atoms with Gasteiger partial charge in [0.1, 0.15) is 30.4 Å². The Bertz CT molecular complexity index is 757. The zero-order chi connectivity index (χ0) is 20.5. The number of carbonyl (C=O) groups excluding carboxylic acids is 1. The molecule has 0 spiro atoms. The summed E-state index contributed by atoms with van der Waals surface area (Å²) in [5.74, 6) is 1.37. The van der Waals surface area contributed by atoms with Crippen LogP contribution in [0.15, 0.2) is 40.8 Å². The normalized spacial score (nSPS) is 14.8.